The van der Waals surface area contributed by atoms with Crippen LogP contribution in [0.25, 0.3) is 11.6 Å². The van der Waals surface area contributed by atoms with Crippen LogP contribution in [0.5, 0.6) is 0 Å². The molecule has 10 heteroatoms. The minimum Gasteiger partial charge on any atom is -0.545 e. The molecular formula is C17H15N2O6S2-. The number of rotatable bonds is 6. The lowest BCUT2D eigenvalue weighted by Gasteiger charge is -2.13. The van der Waals surface area contributed by atoms with E-state index in [4.69, 9.17) is 0 Å². The first-order valence-corrected chi connectivity index (χ1v) is 10.3. The van der Waals surface area contributed by atoms with E-state index in [1.54, 1.807) is 0 Å². The maximum absolute atomic E-state index is 12.6. The highest BCUT2D eigenvalue weighted by molar-refractivity contribution is 7.91. The first-order valence-electron chi connectivity index (χ1n) is 8.07. The predicted molar refractivity (Wildman–Crippen MR) is 98.3 cm³/mol. The lowest BCUT2D eigenvalue weighted by molar-refractivity contribution is -0.384. The highest BCUT2D eigenvalue weighted by Crippen LogP contribution is 2.32. The molecule has 1 aromatic carbocycles. The average Bonchev–Trinajstić information content (AvgIpc) is 3.32. The number of hydrogen-bond donors (Lipinski definition) is 0. The molecule has 0 N–H and O–H groups in total. The molecule has 1 aliphatic rings. The molecule has 0 spiro atoms. The van der Waals surface area contributed by atoms with E-state index >= 15 is 0 Å². The van der Waals surface area contributed by atoms with Gasteiger partial charge in [-0.1, -0.05) is 12.1 Å². The number of thiophene rings is 1. The zero-order valence-electron chi connectivity index (χ0n) is 14.0. The number of hydrogen-bond acceptors (Lipinski definition) is 7. The third kappa shape index (κ3) is 4.07. The zero-order valence-corrected chi connectivity index (χ0v) is 15.7. The molecule has 1 aliphatic heterocycles. The molecule has 1 aromatic heterocycles. The summed E-state index contributed by atoms with van der Waals surface area (Å²) >= 11 is 0.840. The van der Waals surface area contributed by atoms with Gasteiger partial charge in [0, 0.05) is 35.7 Å². The quantitative estimate of drug-likeness (QED) is 0.408. The van der Waals surface area contributed by atoms with E-state index in [1.165, 1.54) is 46.8 Å². The van der Waals surface area contributed by atoms with Crippen LogP contribution in [0, 0.1) is 10.1 Å². The van der Waals surface area contributed by atoms with Gasteiger partial charge < -0.3 is 9.90 Å². The van der Waals surface area contributed by atoms with Crippen LogP contribution in [0.2, 0.25) is 0 Å². The fourth-order valence-electron chi connectivity index (χ4n) is 2.78. The van der Waals surface area contributed by atoms with Gasteiger partial charge in [0.15, 0.2) is 0 Å². The normalized spacial score (nSPS) is 15.8. The van der Waals surface area contributed by atoms with E-state index in [9.17, 15) is 28.4 Å². The third-order valence-electron chi connectivity index (χ3n) is 4.12. The number of carbonyl (C=O) groups excluding carboxylic acids is 1. The van der Waals surface area contributed by atoms with Crippen LogP contribution in [0.15, 0.2) is 40.6 Å². The number of nitro groups is 1. The largest absolute Gasteiger partial charge is 0.545 e. The predicted octanol–water partition coefficient (Wildman–Crippen LogP) is 1.73. The van der Waals surface area contributed by atoms with Crippen molar-refractivity contribution < 1.29 is 23.2 Å². The topological polar surface area (TPSA) is 121 Å². The lowest BCUT2D eigenvalue weighted by atomic mass is 10.1. The summed E-state index contributed by atoms with van der Waals surface area (Å²) in [5.74, 6) is -1.49. The number of sulfonamides is 1. The van der Waals surface area contributed by atoms with Gasteiger partial charge in [0.25, 0.3) is 15.7 Å². The summed E-state index contributed by atoms with van der Waals surface area (Å²) in [7, 11) is -3.65. The van der Waals surface area contributed by atoms with Crippen molar-refractivity contribution in [3.63, 3.8) is 0 Å². The summed E-state index contributed by atoms with van der Waals surface area (Å²) in [4.78, 5) is 22.1. The second-order valence-electron chi connectivity index (χ2n) is 5.93. The smallest absolute Gasteiger partial charge is 0.270 e. The Labute approximate surface area is 159 Å². The summed E-state index contributed by atoms with van der Waals surface area (Å²) in [6, 6.07) is 8.27. The van der Waals surface area contributed by atoms with Crippen molar-refractivity contribution in [2.24, 2.45) is 0 Å². The van der Waals surface area contributed by atoms with Crippen LogP contribution in [-0.4, -0.2) is 36.7 Å². The number of nitro benzene ring substituents is 1. The molecule has 0 aliphatic carbocycles. The van der Waals surface area contributed by atoms with E-state index in [1.807, 2.05) is 0 Å². The maximum atomic E-state index is 12.6. The number of carboxylic acids is 1. The monoisotopic (exact) mass is 407 g/mol. The molecular weight excluding hydrogens is 392 g/mol. The molecule has 3 rings (SSSR count). The highest BCUT2D eigenvalue weighted by Gasteiger charge is 2.28. The summed E-state index contributed by atoms with van der Waals surface area (Å²) in [6.07, 6.45) is 2.84. The molecule has 0 radical (unpaired) electrons. The van der Waals surface area contributed by atoms with Gasteiger partial charge in [-0.15, -0.1) is 11.3 Å². The third-order valence-corrected chi connectivity index (χ3v) is 7.60. The van der Waals surface area contributed by atoms with Crippen molar-refractivity contribution in [1.82, 2.24) is 4.31 Å². The molecule has 0 unspecified atom stereocenters. The number of carbonyl (C=O) groups is 1. The van der Waals surface area contributed by atoms with Gasteiger partial charge in [0.05, 0.1) is 10.9 Å². The van der Waals surface area contributed by atoms with Gasteiger partial charge >= 0.3 is 0 Å². The molecule has 0 bridgehead atoms. The summed E-state index contributed by atoms with van der Waals surface area (Å²) < 4.78 is 26.6. The molecule has 2 heterocycles. The van der Waals surface area contributed by atoms with Crippen molar-refractivity contribution in [3.8, 4) is 0 Å². The molecule has 142 valence electrons. The molecule has 27 heavy (non-hydrogen) atoms. The fourth-order valence-corrected chi connectivity index (χ4v) is 5.77. The van der Waals surface area contributed by atoms with Crippen LogP contribution < -0.4 is 5.11 Å². The Morgan fingerprint density at radius 3 is 2.52 bits per heavy atom. The Bertz CT molecular complexity index is 1020. The van der Waals surface area contributed by atoms with Crippen molar-refractivity contribution in [2.45, 2.75) is 17.1 Å². The maximum Gasteiger partial charge on any atom is 0.270 e. The second-order valence-corrected chi connectivity index (χ2v) is 9.18. The van der Waals surface area contributed by atoms with Crippen LogP contribution >= 0.6 is 11.3 Å². The van der Waals surface area contributed by atoms with E-state index in [0.29, 0.717) is 18.7 Å². The Balaban J connectivity index is 1.97. The van der Waals surface area contributed by atoms with Crippen LogP contribution in [0.3, 0.4) is 0 Å². The molecule has 0 saturated carbocycles. The van der Waals surface area contributed by atoms with Crippen molar-refractivity contribution in [3.05, 3.63) is 57.0 Å². The molecule has 1 saturated heterocycles. The Morgan fingerprint density at radius 1 is 1.19 bits per heavy atom. The van der Waals surface area contributed by atoms with Gasteiger partial charge in [-0.3, -0.25) is 10.1 Å². The first kappa shape index (κ1) is 19.2. The van der Waals surface area contributed by atoms with Gasteiger partial charge in [-0.25, -0.2) is 8.42 Å². The molecule has 1 fully saturated rings. The van der Waals surface area contributed by atoms with Gasteiger partial charge in [0.2, 0.25) is 0 Å². The summed E-state index contributed by atoms with van der Waals surface area (Å²) in [5.41, 5.74) is -0.103. The summed E-state index contributed by atoms with van der Waals surface area (Å²) in [6.45, 7) is 0.902. The van der Waals surface area contributed by atoms with E-state index < -0.39 is 20.9 Å². The van der Waals surface area contributed by atoms with E-state index in [-0.39, 0.29) is 20.3 Å². The van der Waals surface area contributed by atoms with Crippen LogP contribution in [0.1, 0.15) is 23.3 Å². The lowest BCUT2D eigenvalue weighted by Crippen LogP contribution is -2.27. The fraction of sp³-hybridized carbons (Fsp3) is 0.235. The Kier molecular flexibility index (Phi) is 5.40. The van der Waals surface area contributed by atoms with Gasteiger partial charge in [0.1, 0.15) is 4.21 Å². The minimum absolute atomic E-state index is 0.0607. The Hall–Kier alpha value is -2.56. The highest BCUT2D eigenvalue weighted by atomic mass is 32.2. The van der Waals surface area contributed by atoms with Crippen molar-refractivity contribution in [2.75, 3.05) is 13.1 Å². The van der Waals surface area contributed by atoms with Crippen molar-refractivity contribution >= 4 is 44.7 Å². The van der Waals surface area contributed by atoms with Crippen LogP contribution in [0.4, 0.5) is 5.69 Å². The Morgan fingerprint density at radius 2 is 1.89 bits per heavy atom. The summed E-state index contributed by atoms with van der Waals surface area (Å²) in [5, 5.41) is 22.4. The van der Waals surface area contributed by atoms with E-state index in [2.05, 4.69) is 0 Å². The number of nitrogens with zero attached hydrogens (tertiary/aromatic N) is 2. The van der Waals surface area contributed by atoms with E-state index in [0.717, 1.165) is 24.2 Å². The standard InChI is InChI=1S/C17H16N2O6S2/c20-17(21)14(11-12-4-3-5-13(10-12)19(22)23)15-6-7-16(26-15)27(24,25)18-8-1-2-9-18/h3-7,10-11H,1-2,8-9H2,(H,20,21)/p-1/b14-11-. The van der Waals surface area contributed by atoms with Gasteiger partial charge in [-0.05, 0) is 36.6 Å². The second kappa shape index (κ2) is 7.59. The minimum atomic E-state index is -3.65. The average molecular weight is 407 g/mol. The SMILES string of the molecule is O=C([O-])/C(=C\c1cccc([N+](=O)[O-])c1)c1ccc(S(=O)(=O)N2CCCC2)s1. The van der Waals surface area contributed by atoms with Gasteiger partial charge in [-0.2, -0.15) is 4.31 Å². The molecule has 0 atom stereocenters. The zero-order chi connectivity index (χ0) is 19.6. The molecule has 0 amide bonds. The molecule has 8 nitrogen and oxygen atoms in total. The number of non-ortho nitro benzene ring substituents is 1. The first-order chi connectivity index (χ1) is 12.8. The van der Waals surface area contributed by atoms with Crippen LogP contribution in [-0.2, 0) is 14.8 Å². The molecule has 2 aromatic rings. The number of aliphatic carboxylic acids is 1. The number of carboxylic acid groups (broad SMARTS) is 1. The number of benzene rings is 1. The van der Waals surface area contributed by atoms with Crippen molar-refractivity contribution in [1.29, 1.82) is 0 Å².